The van der Waals surface area contributed by atoms with E-state index >= 15 is 0 Å². The van der Waals surface area contributed by atoms with E-state index < -0.39 is 11.9 Å². The SMILES string of the molecule is COc1ccc(-c2scc(CC(=O)c3cccc(C)c3)c2C(=O)O)cn1.Cc1ccc(C(=O)Cc2csc(-c3ccc(Cl)cn3)c2C(=O)O)cc1. The van der Waals surface area contributed by atoms with Gasteiger partial charge in [0.15, 0.2) is 11.6 Å². The van der Waals surface area contributed by atoms with Crippen LogP contribution >= 0.6 is 34.3 Å². The lowest BCUT2D eigenvalue weighted by molar-refractivity contribution is 0.0685. The van der Waals surface area contributed by atoms with Crippen LogP contribution in [0.4, 0.5) is 0 Å². The van der Waals surface area contributed by atoms with Gasteiger partial charge in [-0.25, -0.2) is 14.6 Å². The van der Waals surface area contributed by atoms with Crippen molar-refractivity contribution in [3.63, 3.8) is 0 Å². The van der Waals surface area contributed by atoms with Crippen molar-refractivity contribution in [1.82, 2.24) is 9.97 Å². The van der Waals surface area contributed by atoms with Crippen LogP contribution in [-0.2, 0) is 12.8 Å². The number of ether oxygens (including phenoxy) is 1. The Morgan fingerprint density at radius 1 is 0.706 bits per heavy atom. The first-order valence-electron chi connectivity index (χ1n) is 15.4. The zero-order valence-electron chi connectivity index (χ0n) is 27.7. The van der Waals surface area contributed by atoms with Gasteiger partial charge in [0.2, 0.25) is 5.88 Å². The largest absolute Gasteiger partial charge is 0.481 e. The molecule has 4 heterocycles. The second kappa shape index (κ2) is 16.5. The number of halogens is 1. The van der Waals surface area contributed by atoms with Crippen LogP contribution in [-0.4, -0.2) is 50.8 Å². The highest BCUT2D eigenvalue weighted by Crippen LogP contribution is 2.35. The second-order valence-corrected chi connectivity index (χ2v) is 13.6. The van der Waals surface area contributed by atoms with Crippen LogP contribution in [0.5, 0.6) is 5.88 Å². The number of benzene rings is 2. The molecule has 0 aliphatic carbocycles. The average molecular weight is 739 g/mol. The molecule has 0 spiro atoms. The van der Waals surface area contributed by atoms with Crippen LogP contribution < -0.4 is 4.74 Å². The van der Waals surface area contributed by atoms with Crippen molar-refractivity contribution in [2.75, 3.05) is 7.11 Å². The first-order valence-corrected chi connectivity index (χ1v) is 17.6. The predicted molar refractivity (Wildman–Crippen MR) is 199 cm³/mol. The quantitative estimate of drug-likeness (QED) is 0.124. The number of thiophene rings is 2. The Morgan fingerprint density at radius 3 is 1.88 bits per heavy atom. The number of pyridine rings is 2. The van der Waals surface area contributed by atoms with E-state index in [1.165, 1.54) is 36.0 Å². The molecular weight excluding hydrogens is 708 g/mol. The molecule has 2 N–H and O–H groups in total. The van der Waals surface area contributed by atoms with Crippen molar-refractivity contribution in [1.29, 1.82) is 0 Å². The van der Waals surface area contributed by atoms with Gasteiger partial charge < -0.3 is 14.9 Å². The van der Waals surface area contributed by atoms with Crippen LogP contribution in [0.25, 0.3) is 21.0 Å². The van der Waals surface area contributed by atoms with Crippen LogP contribution in [0, 0.1) is 13.8 Å². The standard InChI is InChI=1S/C20H17NO4S.C19H14ClNO3S/c1-12-4-3-5-13(8-12)16(22)9-15-11-26-19(18(15)20(23)24)14-6-7-17(25-2)21-10-14;1-11-2-4-12(5-3-11)16(22)8-13-10-25-18(17(13)19(23)24)15-7-6-14(20)9-21-15/h3-8,10-11H,9H2,1-2H3,(H,23,24);2-7,9-10H,8H2,1H3,(H,23,24). The molecule has 0 amide bonds. The van der Waals surface area contributed by atoms with Gasteiger partial charge in [-0.3, -0.25) is 14.6 Å². The number of methoxy groups -OCH3 is 1. The third-order valence-electron chi connectivity index (χ3n) is 7.75. The number of carboxylic acids is 2. The minimum atomic E-state index is -1.07. The van der Waals surface area contributed by atoms with E-state index in [4.69, 9.17) is 16.3 Å². The van der Waals surface area contributed by atoms with E-state index in [2.05, 4.69) is 9.97 Å². The molecule has 0 radical (unpaired) electrons. The highest BCUT2D eigenvalue weighted by atomic mass is 35.5. The van der Waals surface area contributed by atoms with Gasteiger partial charge in [-0.1, -0.05) is 65.2 Å². The van der Waals surface area contributed by atoms with Crippen molar-refractivity contribution in [3.05, 3.63) is 145 Å². The Kier molecular flexibility index (Phi) is 11.9. The number of nitrogens with zero attached hydrogens (tertiary/aromatic N) is 2. The van der Waals surface area contributed by atoms with Gasteiger partial charge in [0, 0.05) is 48.0 Å². The summed E-state index contributed by atoms with van der Waals surface area (Å²) in [6.45, 7) is 3.86. The van der Waals surface area contributed by atoms with E-state index in [0.29, 0.717) is 54.2 Å². The van der Waals surface area contributed by atoms with E-state index in [0.717, 1.165) is 11.1 Å². The topological polar surface area (TPSA) is 144 Å². The van der Waals surface area contributed by atoms with Crippen molar-refractivity contribution < 1.29 is 34.1 Å². The van der Waals surface area contributed by atoms with Crippen LogP contribution in [0.2, 0.25) is 5.02 Å². The molecule has 9 nitrogen and oxygen atoms in total. The fourth-order valence-corrected chi connectivity index (χ4v) is 7.38. The lowest BCUT2D eigenvalue weighted by atomic mass is 9.99. The van der Waals surface area contributed by atoms with E-state index in [9.17, 15) is 29.4 Å². The Balaban J connectivity index is 0.000000198. The summed E-state index contributed by atoms with van der Waals surface area (Å²) in [5.74, 6) is -1.88. The Bertz CT molecular complexity index is 2210. The first-order chi connectivity index (χ1) is 24.4. The van der Waals surface area contributed by atoms with Crippen molar-refractivity contribution in [2.45, 2.75) is 26.7 Å². The summed E-state index contributed by atoms with van der Waals surface area (Å²) >= 11 is 8.40. The van der Waals surface area contributed by atoms with Crippen LogP contribution in [0.3, 0.4) is 0 Å². The first kappa shape index (κ1) is 36.8. The van der Waals surface area contributed by atoms with Gasteiger partial charge in [0.1, 0.15) is 0 Å². The minimum Gasteiger partial charge on any atom is -0.481 e. The number of aryl methyl sites for hydroxylation is 2. The average Bonchev–Trinajstić information content (AvgIpc) is 3.74. The fourth-order valence-electron chi connectivity index (χ4n) is 5.17. The molecule has 6 aromatic rings. The number of hydrogen-bond acceptors (Lipinski definition) is 9. The Labute approximate surface area is 306 Å². The third-order valence-corrected chi connectivity index (χ3v) is 10.1. The van der Waals surface area contributed by atoms with Crippen molar-refractivity contribution >= 4 is 57.8 Å². The zero-order chi connectivity index (χ0) is 36.7. The lowest BCUT2D eigenvalue weighted by Crippen LogP contribution is -2.08. The molecule has 0 saturated carbocycles. The molecule has 0 saturated heterocycles. The maximum absolute atomic E-state index is 12.6. The molecular formula is C39H31ClN2O7S2. The molecule has 2 aromatic carbocycles. The highest BCUT2D eigenvalue weighted by molar-refractivity contribution is 7.14. The van der Waals surface area contributed by atoms with E-state index in [-0.39, 0.29) is 35.5 Å². The number of rotatable bonds is 11. The Morgan fingerprint density at radius 2 is 1.33 bits per heavy atom. The number of carboxylic acid groups (broad SMARTS) is 2. The Hall–Kier alpha value is -5.49. The van der Waals surface area contributed by atoms with E-state index in [1.54, 1.807) is 59.4 Å². The summed E-state index contributed by atoms with van der Waals surface area (Å²) in [5.41, 5.74) is 5.71. The van der Waals surface area contributed by atoms with Gasteiger partial charge in [0.25, 0.3) is 0 Å². The van der Waals surface area contributed by atoms with Crippen molar-refractivity contribution in [2.24, 2.45) is 0 Å². The number of Topliss-reactive ketones (excluding diaryl/α,β-unsaturated/α-hetero) is 2. The minimum absolute atomic E-state index is 0.0365. The van der Waals surface area contributed by atoms with Gasteiger partial charge >= 0.3 is 11.9 Å². The lowest BCUT2D eigenvalue weighted by Gasteiger charge is -2.05. The fraction of sp³-hybridized carbons (Fsp3) is 0.128. The summed E-state index contributed by atoms with van der Waals surface area (Å²) < 4.78 is 5.03. The maximum atomic E-state index is 12.6. The molecule has 0 atom stereocenters. The van der Waals surface area contributed by atoms with Gasteiger partial charge in [0.05, 0.1) is 38.7 Å². The number of aromatic carboxylic acids is 2. The maximum Gasteiger partial charge on any atom is 0.337 e. The monoisotopic (exact) mass is 738 g/mol. The summed E-state index contributed by atoms with van der Waals surface area (Å²) in [7, 11) is 1.52. The normalized spacial score (nSPS) is 10.6. The highest BCUT2D eigenvalue weighted by Gasteiger charge is 2.23. The molecule has 51 heavy (non-hydrogen) atoms. The van der Waals surface area contributed by atoms with Crippen LogP contribution in [0.15, 0.2) is 96.0 Å². The summed E-state index contributed by atoms with van der Waals surface area (Å²) in [4.78, 5) is 58.0. The molecule has 4 aromatic heterocycles. The predicted octanol–water partition coefficient (Wildman–Crippen LogP) is 9.15. The third kappa shape index (κ3) is 9.01. The zero-order valence-corrected chi connectivity index (χ0v) is 30.1. The number of ketones is 2. The number of aromatic nitrogens is 2. The molecule has 0 aliphatic rings. The number of hydrogen-bond donors (Lipinski definition) is 2. The second-order valence-electron chi connectivity index (χ2n) is 11.4. The molecule has 6 rings (SSSR count). The molecule has 0 unspecified atom stereocenters. The summed E-state index contributed by atoms with van der Waals surface area (Å²) in [6, 6.07) is 21.3. The molecule has 0 bridgehead atoms. The van der Waals surface area contributed by atoms with Crippen LogP contribution in [0.1, 0.15) is 63.7 Å². The van der Waals surface area contributed by atoms with Gasteiger partial charge in [-0.2, -0.15) is 0 Å². The molecule has 258 valence electrons. The smallest absolute Gasteiger partial charge is 0.337 e. The number of carbonyl (C=O) groups is 4. The van der Waals surface area contributed by atoms with Crippen molar-refractivity contribution in [3.8, 4) is 26.9 Å². The van der Waals surface area contributed by atoms with Gasteiger partial charge in [-0.05, 0) is 60.0 Å². The molecule has 12 heteroatoms. The van der Waals surface area contributed by atoms with E-state index in [1.807, 2.05) is 44.2 Å². The van der Waals surface area contributed by atoms with Gasteiger partial charge in [-0.15, -0.1) is 22.7 Å². The molecule has 0 fully saturated rings. The summed E-state index contributed by atoms with van der Waals surface area (Å²) in [5, 5.41) is 23.2. The molecule has 0 aliphatic heterocycles. The number of carbonyl (C=O) groups excluding carboxylic acids is 2. The summed E-state index contributed by atoms with van der Waals surface area (Å²) in [6.07, 6.45) is 3.13.